The highest BCUT2D eigenvalue weighted by Gasteiger charge is 2.34. The van der Waals surface area contributed by atoms with Gasteiger partial charge >= 0.3 is 5.97 Å². The largest absolute Gasteiger partial charge is 0.459 e. The van der Waals surface area contributed by atoms with Gasteiger partial charge in [0.15, 0.2) is 0 Å². The molecular formula is C17H21NO3. The highest BCUT2D eigenvalue weighted by molar-refractivity contribution is 5.88. The average Bonchev–Trinajstić information content (AvgIpc) is 2.43. The number of rotatable bonds is 2. The van der Waals surface area contributed by atoms with Crippen molar-refractivity contribution in [3.63, 3.8) is 0 Å². The summed E-state index contributed by atoms with van der Waals surface area (Å²) in [5.74, 6) is -0.910. The third kappa shape index (κ3) is 3.51. The zero-order valence-electron chi connectivity index (χ0n) is 12.8. The predicted octanol–water partition coefficient (Wildman–Crippen LogP) is 2.64. The molecule has 0 aliphatic carbocycles. The first-order valence-corrected chi connectivity index (χ1v) is 7.04. The monoisotopic (exact) mass is 287 g/mol. The van der Waals surface area contributed by atoms with E-state index in [2.05, 4.69) is 6.58 Å². The molecule has 0 fully saturated rings. The second-order valence-corrected chi connectivity index (χ2v) is 6.21. The number of benzene rings is 1. The van der Waals surface area contributed by atoms with Gasteiger partial charge in [-0.05, 0) is 38.0 Å². The Balaban J connectivity index is 2.32. The van der Waals surface area contributed by atoms with E-state index in [1.165, 1.54) is 6.08 Å². The number of carbonyl (C=O) groups excluding carboxylic acids is 2. The van der Waals surface area contributed by atoms with Crippen LogP contribution >= 0.6 is 0 Å². The normalized spacial score (nSPS) is 17.9. The topological polar surface area (TPSA) is 46.6 Å². The summed E-state index contributed by atoms with van der Waals surface area (Å²) < 4.78 is 5.49. The van der Waals surface area contributed by atoms with Crippen LogP contribution in [0, 0.1) is 0 Å². The quantitative estimate of drug-likeness (QED) is 0.620. The maximum Gasteiger partial charge on any atom is 0.315 e. The maximum absolute atomic E-state index is 12.4. The Bertz CT molecular complexity index is 572. The van der Waals surface area contributed by atoms with Gasteiger partial charge in [-0.15, -0.1) is 0 Å². The highest BCUT2D eigenvalue weighted by atomic mass is 16.6. The first kappa shape index (κ1) is 15.3. The molecule has 1 aliphatic rings. The van der Waals surface area contributed by atoms with Crippen molar-refractivity contribution in [1.29, 1.82) is 0 Å². The van der Waals surface area contributed by atoms with Crippen molar-refractivity contribution in [2.24, 2.45) is 0 Å². The Hall–Kier alpha value is -2.10. The Morgan fingerprint density at radius 3 is 2.62 bits per heavy atom. The Morgan fingerprint density at radius 2 is 2.00 bits per heavy atom. The lowest BCUT2D eigenvalue weighted by Crippen LogP contribution is -2.41. The number of hydrogen-bond acceptors (Lipinski definition) is 3. The van der Waals surface area contributed by atoms with Crippen molar-refractivity contribution in [1.82, 2.24) is 4.90 Å². The lowest BCUT2D eigenvalue weighted by Gasteiger charge is -2.34. The molecule has 0 bridgehead atoms. The lowest BCUT2D eigenvalue weighted by molar-refractivity contribution is -0.157. The Labute approximate surface area is 125 Å². The van der Waals surface area contributed by atoms with Crippen molar-refractivity contribution in [3.05, 3.63) is 48.0 Å². The van der Waals surface area contributed by atoms with Gasteiger partial charge in [-0.3, -0.25) is 9.59 Å². The molecule has 1 amide bonds. The number of amides is 1. The van der Waals surface area contributed by atoms with E-state index in [9.17, 15) is 9.59 Å². The maximum atomic E-state index is 12.4. The molecule has 112 valence electrons. The molecule has 0 saturated carbocycles. The van der Waals surface area contributed by atoms with Gasteiger partial charge in [0.2, 0.25) is 5.91 Å². The fourth-order valence-electron chi connectivity index (χ4n) is 2.48. The van der Waals surface area contributed by atoms with Gasteiger partial charge in [-0.25, -0.2) is 0 Å². The molecule has 4 heteroatoms. The van der Waals surface area contributed by atoms with Crippen molar-refractivity contribution in [2.75, 3.05) is 6.54 Å². The summed E-state index contributed by atoms with van der Waals surface area (Å²) in [7, 11) is 0. The van der Waals surface area contributed by atoms with Crippen molar-refractivity contribution >= 4 is 11.9 Å². The zero-order chi connectivity index (χ0) is 15.6. The smallest absolute Gasteiger partial charge is 0.315 e. The minimum atomic E-state index is -0.545. The van der Waals surface area contributed by atoms with Crippen LogP contribution in [-0.2, 0) is 20.9 Å². The minimum Gasteiger partial charge on any atom is -0.459 e. The summed E-state index contributed by atoms with van der Waals surface area (Å²) in [6.07, 6.45) is 1.28. The summed E-state index contributed by atoms with van der Waals surface area (Å²) in [4.78, 5) is 26.0. The molecule has 0 aromatic heterocycles. The fraction of sp³-hybridized carbons (Fsp3) is 0.412. The molecule has 21 heavy (non-hydrogen) atoms. The molecule has 0 radical (unpaired) electrons. The van der Waals surface area contributed by atoms with Crippen LogP contribution < -0.4 is 0 Å². The van der Waals surface area contributed by atoms with Gasteiger partial charge in [0.1, 0.15) is 5.60 Å². The van der Waals surface area contributed by atoms with Crippen LogP contribution in [0.15, 0.2) is 36.9 Å². The summed E-state index contributed by atoms with van der Waals surface area (Å²) in [6.45, 7) is 9.86. The number of hydrogen-bond donors (Lipinski definition) is 0. The molecule has 4 nitrogen and oxygen atoms in total. The predicted molar refractivity (Wildman–Crippen MR) is 80.6 cm³/mol. The van der Waals surface area contributed by atoms with Crippen molar-refractivity contribution in [3.8, 4) is 0 Å². The summed E-state index contributed by atoms with van der Waals surface area (Å²) in [6, 6.07) is 7.68. The van der Waals surface area contributed by atoms with E-state index >= 15 is 0 Å². The standard InChI is InChI=1S/C17H21NO3/c1-5-15(19)18-10-12-8-6-7-9-13(12)14(11-18)16(20)21-17(2,3)4/h5-9,14H,1,10-11H2,2-4H3. The van der Waals surface area contributed by atoms with Crippen molar-refractivity contribution in [2.45, 2.75) is 38.8 Å². The van der Waals surface area contributed by atoms with Crippen molar-refractivity contribution < 1.29 is 14.3 Å². The molecule has 0 spiro atoms. The molecule has 1 aromatic rings. The third-order valence-corrected chi connectivity index (χ3v) is 3.37. The van der Waals surface area contributed by atoms with Crippen LogP contribution in [0.4, 0.5) is 0 Å². The summed E-state index contributed by atoms with van der Waals surface area (Å²) in [5.41, 5.74) is 1.38. The molecule has 1 unspecified atom stereocenters. The molecule has 0 saturated heterocycles. The molecule has 1 aliphatic heterocycles. The van der Waals surface area contributed by atoms with Crippen LogP contribution in [0.3, 0.4) is 0 Å². The van der Waals surface area contributed by atoms with Gasteiger partial charge in [-0.2, -0.15) is 0 Å². The van der Waals surface area contributed by atoms with Gasteiger partial charge < -0.3 is 9.64 Å². The van der Waals surface area contributed by atoms with Crippen LogP contribution in [0.2, 0.25) is 0 Å². The summed E-state index contributed by atoms with van der Waals surface area (Å²) in [5, 5.41) is 0. The van der Waals surface area contributed by atoms with Crippen LogP contribution in [0.1, 0.15) is 37.8 Å². The lowest BCUT2D eigenvalue weighted by atomic mass is 9.89. The number of fused-ring (bicyclic) bond motifs is 1. The molecule has 1 atom stereocenters. The minimum absolute atomic E-state index is 0.168. The zero-order valence-corrected chi connectivity index (χ0v) is 12.8. The third-order valence-electron chi connectivity index (χ3n) is 3.37. The van der Waals surface area contributed by atoms with E-state index in [1.807, 2.05) is 45.0 Å². The number of ether oxygens (including phenoxy) is 1. The summed E-state index contributed by atoms with van der Waals surface area (Å²) >= 11 is 0. The Kier molecular flexibility index (Phi) is 4.16. The highest BCUT2D eigenvalue weighted by Crippen LogP contribution is 2.30. The second kappa shape index (κ2) is 5.72. The molecule has 1 aromatic carbocycles. The van der Waals surface area contributed by atoms with E-state index in [4.69, 9.17) is 4.74 Å². The van der Waals surface area contributed by atoms with Gasteiger partial charge in [0.25, 0.3) is 0 Å². The van der Waals surface area contributed by atoms with Gasteiger partial charge in [0.05, 0.1) is 5.92 Å². The van der Waals surface area contributed by atoms with Gasteiger partial charge in [0, 0.05) is 13.1 Å². The number of esters is 1. The first-order valence-electron chi connectivity index (χ1n) is 7.04. The molecule has 1 heterocycles. The van der Waals surface area contributed by atoms with E-state index < -0.39 is 11.5 Å². The van der Waals surface area contributed by atoms with E-state index in [1.54, 1.807) is 4.90 Å². The Morgan fingerprint density at radius 1 is 1.33 bits per heavy atom. The fourth-order valence-corrected chi connectivity index (χ4v) is 2.48. The first-order chi connectivity index (χ1) is 9.81. The van der Waals surface area contributed by atoms with E-state index in [0.29, 0.717) is 13.1 Å². The van der Waals surface area contributed by atoms with Crippen LogP contribution in [-0.4, -0.2) is 28.9 Å². The molecule has 0 N–H and O–H groups in total. The number of carbonyl (C=O) groups is 2. The van der Waals surface area contributed by atoms with Gasteiger partial charge in [-0.1, -0.05) is 30.8 Å². The number of nitrogens with zero attached hydrogens (tertiary/aromatic N) is 1. The average molecular weight is 287 g/mol. The SMILES string of the molecule is C=CC(=O)N1Cc2ccccc2C(C(=O)OC(C)(C)C)C1. The molecule has 2 rings (SSSR count). The van der Waals surface area contributed by atoms with Crippen LogP contribution in [0.5, 0.6) is 0 Å². The second-order valence-electron chi connectivity index (χ2n) is 6.21. The van der Waals surface area contributed by atoms with E-state index in [0.717, 1.165) is 11.1 Å². The van der Waals surface area contributed by atoms with Crippen LogP contribution in [0.25, 0.3) is 0 Å². The van der Waals surface area contributed by atoms with E-state index in [-0.39, 0.29) is 11.9 Å². The molecular weight excluding hydrogens is 266 g/mol.